The fourth-order valence-corrected chi connectivity index (χ4v) is 1.73. The van der Waals surface area contributed by atoms with E-state index in [0.29, 0.717) is 9.46 Å². The van der Waals surface area contributed by atoms with E-state index < -0.39 is 0 Å². The lowest BCUT2D eigenvalue weighted by Crippen LogP contribution is -2.43. The number of nitrogens with two attached hydrogens (primary N) is 1. The molecule has 0 aliphatic rings. The van der Waals surface area contributed by atoms with Gasteiger partial charge in [-0.25, -0.2) is 4.73 Å². The van der Waals surface area contributed by atoms with Crippen LogP contribution in [0.3, 0.4) is 0 Å². The van der Waals surface area contributed by atoms with Crippen LogP contribution in [0.15, 0.2) is 12.1 Å². The predicted molar refractivity (Wildman–Crippen MR) is 61.0 cm³/mol. The lowest BCUT2D eigenvalue weighted by molar-refractivity contribution is -0.623. The summed E-state index contributed by atoms with van der Waals surface area (Å²) in [7, 11) is 0. The van der Waals surface area contributed by atoms with Crippen molar-refractivity contribution in [2.24, 2.45) is 0 Å². The summed E-state index contributed by atoms with van der Waals surface area (Å²) in [5, 5.41) is 23.9. The first-order chi connectivity index (χ1) is 7.43. The van der Waals surface area contributed by atoms with E-state index in [1.165, 1.54) is 19.1 Å². The molecule has 1 heterocycles. The molecule has 0 atom stereocenters. The Hall–Kier alpha value is -1.46. The Bertz CT molecular complexity index is 549. The van der Waals surface area contributed by atoms with E-state index in [4.69, 9.17) is 28.9 Å². The van der Waals surface area contributed by atoms with Gasteiger partial charge in [-0.3, -0.25) is 5.73 Å². The number of fused-ring (bicyclic) bond motifs is 1. The average molecular weight is 260 g/mol. The van der Waals surface area contributed by atoms with Crippen LogP contribution in [-0.2, 0) is 0 Å². The van der Waals surface area contributed by atoms with E-state index in [1.807, 2.05) is 0 Å². The Morgan fingerprint density at radius 3 is 2.00 bits per heavy atom. The first-order valence-electron chi connectivity index (χ1n) is 4.33. The lowest BCUT2D eigenvalue weighted by Gasteiger charge is -2.12. The van der Waals surface area contributed by atoms with Gasteiger partial charge >= 0.3 is 5.82 Å². The molecule has 0 fully saturated rings. The van der Waals surface area contributed by atoms with Crippen LogP contribution >= 0.6 is 23.2 Å². The highest BCUT2D eigenvalue weighted by atomic mass is 35.5. The molecular formula is C9H7Cl2N3O2. The van der Waals surface area contributed by atoms with Crippen molar-refractivity contribution in [3.63, 3.8) is 0 Å². The Kier molecular flexibility index (Phi) is 2.44. The zero-order chi connectivity index (χ0) is 12.0. The fraction of sp³-hybridized carbons (Fsp3) is 0.111. The van der Waals surface area contributed by atoms with Gasteiger partial charge in [-0.05, 0) is 0 Å². The van der Waals surface area contributed by atoms with Crippen molar-refractivity contribution in [1.82, 2.24) is 0 Å². The van der Waals surface area contributed by atoms with E-state index in [9.17, 15) is 10.4 Å². The molecule has 2 rings (SSSR count). The van der Waals surface area contributed by atoms with Gasteiger partial charge in [0.1, 0.15) is 0 Å². The molecule has 7 heteroatoms. The number of anilines is 1. The highest BCUT2D eigenvalue weighted by Gasteiger charge is 2.21. The maximum absolute atomic E-state index is 11.7. The molecule has 1 aromatic heterocycles. The smallest absolute Gasteiger partial charge is 0.345 e. The molecular weight excluding hydrogens is 253 g/mol. The third-order valence-electron chi connectivity index (χ3n) is 2.35. The molecule has 16 heavy (non-hydrogen) atoms. The monoisotopic (exact) mass is 259 g/mol. The van der Waals surface area contributed by atoms with Crippen LogP contribution in [-0.4, -0.2) is 0 Å². The van der Waals surface area contributed by atoms with Crippen LogP contribution in [0, 0.1) is 17.3 Å². The van der Waals surface area contributed by atoms with Gasteiger partial charge < -0.3 is 10.4 Å². The molecule has 5 nitrogen and oxygen atoms in total. The van der Waals surface area contributed by atoms with Crippen molar-refractivity contribution < 1.29 is 9.46 Å². The second kappa shape index (κ2) is 3.54. The molecule has 0 spiro atoms. The molecule has 0 radical (unpaired) electrons. The van der Waals surface area contributed by atoms with Gasteiger partial charge in [0.15, 0.2) is 0 Å². The summed E-state index contributed by atoms with van der Waals surface area (Å²) < 4.78 is 1.02. The number of rotatable bonds is 0. The fourth-order valence-electron chi connectivity index (χ4n) is 1.41. The van der Waals surface area contributed by atoms with Crippen LogP contribution in [0.1, 0.15) is 5.69 Å². The normalized spacial score (nSPS) is 10.9. The van der Waals surface area contributed by atoms with Crippen molar-refractivity contribution in [2.75, 3.05) is 5.73 Å². The van der Waals surface area contributed by atoms with E-state index >= 15 is 0 Å². The van der Waals surface area contributed by atoms with Gasteiger partial charge in [-0.2, -0.15) is 4.73 Å². The SMILES string of the molecule is Cc1c(N)[n+]([O-])c2cc(Cl)c(Cl)cc2[n+]1[O-]. The summed E-state index contributed by atoms with van der Waals surface area (Å²) in [4.78, 5) is 0. The quantitative estimate of drug-likeness (QED) is 0.572. The van der Waals surface area contributed by atoms with Gasteiger partial charge in [-0.1, -0.05) is 23.2 Å². The van der Waals surface area contributed by atoms with Gasteiger partial charge in [-0.15, -0.1) is 0 Å². The van der Waals surface area contributed by atoms with E-state index in [0.717, 1.165) is 0 Å². The summed E-state index contributed by atoms with van der Waals surface area (Å²) in [6.45, 7) is 1.46. The molecule has 1 aromatic carbocycles. The van der Waals surface area contributed by atoms with Gasteiger partial charge in [0.2, 0.25) is 5.52 Å². The van der Waals surface area contributed by atoms with Crippen LogP contribution in [0.5, 0.6) is 0 Å². The highest BCUT2D eigenvalue weighted by Crippen LogP contribution is 2.25. The molecule has 0 saturated carbocycles. The standard InChI is InChI=1S/C9H7Cl2N3O2/c1-4-9(12)14(16)8-3-6(11)5(10)2-7(8)13(4)15/h2-3H,12H2,1H3. The van der Waals surface area contributed by atoms with Crippen molar-refractivity contribution in [2.45, 2.75) is 6.92 Å². The van der Waals surface area contributed by atoms with Crippen molar-refractivity contribution in [3.05, 3.63) is 38.3 Å². The molecule has 2 N–H and O–H groups in total. The molecule has 0 unspecified atom stereocenters. The maximum Gasteiger partial charge on any atom is 0.345 e. The first kappa shape index (κ1) is 11.0. The zero-order valence-corrected chi connectivity index (χ0v) is 9.71. The van der Waals surface area contributed by atoms with E-state index in [2.05, 4.69) is 0 Å². The largest absolute Gasteiger partial charge is 0.710 e. The number of halogens is 2. The number of hydrogen-bond donors (Lipinski definition) is 1. The average Bonchev–Trinajstić information content (AvgIpc) is 2.26. The van der Waals surface area contributed by atoms with Crippen LogP contribution in [0.2, 0.25) is 10.0 Å². The number of hydrogen-bond acceptors (Lipinski definition) is 3. The third-order valence-corrected chi connectivity index (χ3v) is 3.07. The van der Waals surface area contributed by atoms with Crippen LogP contribution in [0.4, 0.5) is 5.82 Å². The minimum Gasteiger partial charge on any atom is -0.710 e. The molecule has 0 amide bonds. The minimum atomic E-state index is -0.152. The Balaban J connectivity index is 3.02. The molecule has 0 aliphatic carbocycles. The molecule has 84 valence electrons. The summed E-state index contributed by atoms with van der Waals surface area (Å²) in [6.07, 6.45) is 0. The number of nitrogen functional groups attached to an aromatic ring is 1. The number of nitrogens with zero attached hydrogens (tertiary/aromatic N) is 2. The summed E-state index contributed by atoms with van der Waals surface area (Å²) in [5.41, 5.74) is 5.84. The highest BCUT2D eigenvalue weighted by molar-refractivity contribution is 6.42. The maximum atomic E-state index is 11.7. The van der Waals surface area contributed by atoms with Gasteiger partial charge in [0.05, 0.1) is 10.0 Å². The van der Waals surface area contributed by atoms with Crippen molar-refractivity contribution >= 4 is 40.1 Å². The molecule has 2 aromatic rings. The summed E-state index contributed by atoms with van der Waals surface area (Å²) in [6, 6.07) is 2.66. The first-order valence-corrected chi connectivity index (χ1v) is 5.09. The zero-order valence-electron chi connectivity index (χ0n) is 8.20. The topological polar surface area (TPSA) is 79.9 Å². The minimum absolute atomic E-state index is 0.0903. The third kappa shape index (κ3) is 1.40. The lowest BCUT2D eigenvalue weighted by atomic mass is 10.3. The van der Waals surface area contributed by atoms with Crippen molar-refractivity contribution in [3.8, 4) is 0 Å². The molecule has 0 saturated heterocycles. The van der Waals surface area contributed by atoms with Crippen molar-refractivity contribution in [1.29, 1.82) is 0 Å². The van der Waals surface area contributed by atoms with Crippen LogP contribution < -0.4 is 15.2 Å². The molecule has 0 bridgehead atoms. The van der Waals surface area contributed by atoms with Gasteiger partial charge in [0.25, 0.3) is 11.2 Å². The Labute approximate surface area is 101 Å². The Morgan fingerprint density at radius 1 is 1.06 bits per heavy atom. The predicted octanol–water partition coefficient (Wildman–Crippen LogP) is 1.30. The van der Waals surface area contributed by atoms with Crippen LogP contribution in [0.25, 0.3) is 11.0 Å². The number of aromatic nitrogens is 2. The second-order valence-corrected chi connectivity index (χ2v) is 4.13. The van der Waals surface area contributed by atoms with Gasteiger partial charge in [0, 0.05) is 19.1 Å². The second-order valence-electron chi connectivity index (χ2n) is 3.31. The molecule has 0 aliphatic heterocycles. The van der Waals surface area contributed by atoms with E-state index in [-0.39, 0.29) is 32.6 Å². The summed E-state index contributed by atoms with van der Waals surface area (Å²) in [5.74, 6) is -0.152. The summed E-state index contributed by atoms with van der Waals surface area (Å²) >= 11 is 11.5. The number of benzene rings is 1. The van der Waals surface area contributed by atoms with E-state index in [1.54, 1.807) is 0 Å². The Morgan fingerprint density at radius 2 is 1.50 bits per heavy atom.